The highest BCUT2D eigenvalue weighted by Crippen LogP contribution is 2.25. The molecule has 0 aromatic carbocycles. The fourth-order valence-electron chi connectivity index (χ4n) is 1.66. The molecule has 1 N–H and O–H groups in total. The van der Waals surface area contributed by atoms with Gasteiger partial charge in [0.25, 0.3) is 0 Å². The number of nitrogens with zero attached hydrogens (tertiary/aromatic N) is 2. The molecule has 4 nitrogen and oxygen atoms in total. The maximum Gasteiger partial charge on any atom is 0.127 e. The van der Waals surface area contributed by atoms with Crippen molar-refractivity contribution in [3.05, 3.63) is 23.0 Å². The molecule has 0 amide bonds. The summed E-state index contributed by atoms with van der Waals surface area (Å²) < 4.78 is 4.90. The van der Waals surface area contributed by atoms with E-state index in [4.69, 9.17) is 4.74 Å². The van der Waals surface area contributed by atoms with Crippen LogP contribution in [-0.4, -0.2) is 34.9 Å². The van der Waals surface area contributed by atoms with Crippen molar-refractivity contribution in [2.24, 2.45) is 0 Å². The van der Waals surface area contributed by atoms with Crippen LogP contribution in [0, 0.1) is 6.92 Å². The third-order valence-corrected chi connectivity index (χ3v) is 3.28. The van der Waals surface area contributed by atoms with Gasteiger partial charge in [0.15, 0.2) is 0 Å². The highest BCUT2D eigenvalue weighted by atomic mass is 32.1. The lowest BCUT2D eigenvalue weighted by atomic mass is 10.1. The van der Waals surface area contributed by atoms with Gasteiger partial charge in [0.2, 0.25) is 0 Å². The number of thiophene rings is 1. The summed E-state index contributed by atoms with van der Waals surface area (Å²) in [6, 6.07) is 2.06. The molecular formula is C11H14N2O2S. The van der Waals surface area contributed by atoms with E-state index in [1.165, 1.54) is 4.88 Å². The summed E-state index contributed by atoms with van der Waals surface area (Å²) in [6.45, 7) is 2.37. The Morgan fingerprint density at radius 1 is 1.50 bits per heavy atom. The number of rotatable bonds is 4. The van der Waals surface area contributed by atoms with E-state index in [9.17, 15) is 5.11 Å². The number of aryl methyl sites for hydroxylation is 1. The summed E-state index contributed by atoms with van der Waals surface area (Å²) in [5.74, 6) is 0. The minimum atomic E-state index is -0.511. The zero-order chi connectivity index (χ0) is 11.5. The molecule has 2 rings (SSSR count). The van der Waals surface area contributed by atoms with Gasteiger partial charge in [-0.15, -0.1) is 11.3 Å². The van der Waals surface area contributed by atoms with E-state index in [2.05, 4.69) is 16.0 Å². The Kier molecular flexibility index (Phi) is 3.48. The molecule has 2 heterocycles. The summed E-state index contributed by atoms with van der Waals surface area (Å²) in [5, 5.41) is 10.7. The van der Waals surface area contributed by atoms with Crippen LogP contribution in [0.1, 0.15) is 10.6 Å². The summed E-state index contributed by atoms with van der Waals surface area (Å²) in [5.41, 5.74) is 0.888. The molecule has 2 aromatic heterocycles. The van der Waals surface area contributed by atoms with Crippen LogP contribution < -0.4 is 0 Å². The van der Waals surface area contributed by atoms with Gasteiger partial charge in [0, 0.05) is 23.8 Å². The number of aliphatic hydroxyl groups is 1. The minimum Gasteiger partial charge on any atom is -0.390 e. The van der Waals surface area contributed by atoms with Crippen LogP contribution >= 0.6 is 11.3 Å². The van der Waals surface area contributed by atoms with Gasteiger partial charge in [-0.1, -0.05) is 0 Å². The van der Waals surface area contributed by atoms with Crippen LogP contribution in [0.25, 0.3) is 10.2 Å². The topological polar surface area (TPSA) is 55.2 Å². The van der Waals surface area contributed by atoms with Gasteiger partial charge in [0.1, 0.15) is 11.2 Å². The number of methoxy groups -OCH3 is 1. The zero-order valence-electron chi connectivity index (χ0n) is 9.30. The zero-order valence-corrected chi connectivity index (χ0v) is 10.1. The van der Waals surface area contributed by atoms with E-state index >= 15 is 0 Å². The molecule has 86 valence electrons. The van der Waals surface area contributed by atoms with Gasteiger partial charge in [0.05, 0.1) is 18.4 Å². The highest BCUT2D eigenvalue weighted by molar-refractivity contribution is 7.18. The Morgan fingerprint density at radius 3 is 3.06 bits per heavy atom. The first-order chi connectivity index (χ1) is 7.70. The monoisotopic (exact) mass is 238 g/mol. The van der Waals surface area contributed by atoms with E-state index in [0.717, 1.165) is 15.9 Å². The smallest absolute Gasteiger partial charge is 0.127 e. The molecule has 0 radical (unpaired) electrons. The van der Waals surface area contributed by atoms with Crippen LogP contribution in [0.4, 0.5) is 0 Å². The van der Waals surface area contributed by atoms with Crippen molar-refractivity contribution in [2.45, 2.75) is 19.4 Å². The molecule has 1 unspecified atom stereocenters. The molecule has 0 saturated heterocycles. The Morgan fingerprint density at radius 2 is 2.31 bits per heavy atom. The quantitative estimate of drug-likeness (QED) is 0.878. The second-order valence-electron chi connectivity index (χ2n) is 3.71. The van der Waals surface area contributed by atoms with Crippen molar-refractivity contribution in [1.29, 1.82) is 0 Å². The minimum absolute atomic E-state index is 0.328. The molecule has 0 saturated carbocycles. The van der Waals surface area contributed by atoms with Gasteiger partial charge < -0.3 is 9.84 Å². The third kappa shape index (κ3) is 2.37. The molecule has 0 aliphatic heterocycles. The Labute approximate surface area is 97.9 Å². The number of aliphatic hydroxyl groups excluding tert-OH is 1. The van der Waals surface area contributed by atoms with Crippen molar-refractivity contribution in [1.82, 2.24) is 9.97 Å². The van der Waals surface area contributed by atoms with Gasteiger partial charge in [-0.25, -0.2) is 9.97 Å². The van der Waals surface area contributed by atoms with Crippen molar-refractivity contribution in [3.8, 4) is 0 Å². The van der Waals surface area contributed by atoms with Crippen LogP contribution in [-0.2, 0) is 11.2 Å². The van der Waals surface area contributed by atoms with Crippen molar-refractivity contribution < 1.29 is 9.84 Å². The molecule has 0 fully saturated rings. The lowest BCUT2D eigenvalue weighted by Gasteiger charge is -2.08. The highest BCUT2D eigenvalue weighted by Gasteiger charge is 2.11. The van der Waals surface area contributed by atoms with Gasteiger partial charge in [-0.2, -0.15) is 0 Å². The second kappa shape index (κ2) is 4.86. The Bertz CT molecular complexity index is 484. The Hall–Kier alpha value is -1.04. The van der Waals surface area contributed by atoms with E-state index in [-0.39, 0.29) is 0 Å². The molecule has 0 aliphatic carbocycles. The van der Waals surface area contributed by atoms with Crippen LogP contribution in [0.2, 0.25) is 0 Å². The molecule has 1 atom stereocenters. The fourth-order valence-corrected chi connectivity index (χ4v) is 2.53. The average molecular weight is 238 g/mol. The molecule has 0 spiro atoms. The number of hydrogen-bond donors (Lipinski definition) is 1. The van der Waals surface area contributed by atoms with Gasteiger partial charge >= 0.3 is 0 Å². The lowest BCUT2D eigenvalue weighted by Crippen LogP contribution is -2.17. The van der Waals surface area contributed by atoms with Crippen molar-refractivity contribution in [2.75, 3.05) is 13.7 Å². The predicted octanol–water partition coefficient (Wildman–Crippen LogP) is 1.55. The van der Waals surface area contributed by atoms with E-state index in [1.807, 2.05) is 6.92 Å². The SMILES string of the molecule is COCC(O)Cc1ncnc2sc(C)cc12. The number of aromatic nitrogens is 2. The number of fused-ring (bicyclic) bond motifs is 1. The average Bonchev–Trinajstić information content (AvgIpc) is 2.60. The largest absolute Gasteiger partial charge is 0.390 e. The summed E-state index contributed by atoms with van der Waals surface area (Å²) >= 11 is 1.64. The molecule has 2 aromatic rings. The first kappa shape index (κ1) is 11.4. The molecule has 5 heteroatoms. The first-order valence-electron chi connectivity index (χ1n) is 5.07. The van der Waals surface area contributed by atoms with Crippen LogP contribution in [0.15, 0.2) is 12.4 Å². The number of ether oxygens (including phenoxy) is 1. The summed E-state index contributed by atoms with van der Waals surface area (Å²) in [6.07, 6.45) is 1.54. The van der Waals surface area contributed by atoms with E-state index in [0.29, 0.717) is 13.0 Å². The number of hydrogen-bond acceptors (Lipinski definition) is 5. The fraction of sp³-hybridized carbons (Fsp3) is 0.455. The van der Waals surface area contributed by atoms with Crippen LogP contribution in [0.3, 0.4) is 0 Å². The van der Waals surface area contributed by atoms with Crippen LogP contribution in [0.5, 0.6) is 0 Å². The standard InChI is InChI=1S/C11H14N2O2S/c1-7-3-9-10(4-8(14)5-15-2)12-6-13-11(9)16-7/h3,6,8,14H,4-5H2,1-2H3. The summed E-state index contributed by atoms with van der Waals surface area (Å²) in [7, 11) is 1.58. The predicted molar refractivity (Wildman–Crippen MR) is 63.7 cm³/mol. The maximum atomic E-state index is 9.69. The van der Waals surface area contributed by atoms with Crippen molar-refractivity contribution >= 4 is 21.6 Å². The van der Waals surface area contributed by atoms with Gasteiger partial charge in [-0.3, -0.25) is 0 Å². The molecular weight excluding hydrogens is 224 g/mol. The molecule has 0 bridgehead atoms. The van der Waals surface area contributed by atoms with Gasteiger partial charge in [-0.05, 0) is 13.0 Å². The Balaban J connectivity index is 2.29. The second-order valence-corrected chi connectivity index (χ2v) is 4.94. The molecule has 16 heavy (non-hydrogen) atoms. The van der Waals surface area contributed by atoms with E-state index < -0.39 is 6.10 Å². The maximum absolute atomic E-state index is 9.69. The summed E-state index contributed by atoms with van der Waals surface area (Å²) in [4.78, 5) is 10.6. The van der Waals surface area contributed by atoms with E-state index in [1.54, 1.807) is 24.8 Å². The lowest BCUT2D eigenvalue weighted by molar-refractivity contribution is 0.0646. The molecule has 0 aliphatic rings. The third-order valence-electron chi connectivity index (χ3n) is 2.32. The normalized spacial score (nSPS) is 13.2. The van der Waals surface area contributed by atoms with Crippen molar-refractivity contribution in [3.63, 3.8) is 0 Å². The first-order valence-corrected chi connectivity index (χ1v) is 5.89.